The summed E-state index contributed by atoms with van der Waals surface area (Å²) in [5.41, 5.74) is 3.02. The van der Waals surface area contributed by atoms with Gasteiger partial charge in [0.25, 0.3) is 0 Å². The Morgan fingerprint density at radius 3 is 2.33 bits per heavy atom. The Bertz CT molecular complexity index is 1980. The van der Waals surface area contributed by atoms with Crippen molar-refractivity contribution in [2.45, 2.75) is 89.9 Å². The SMILES string of the molecule is C=CC(=O)CCCCCCCCc1ccc(OC(=O)C2CCC(CCOC(/C=C\C(=C)O)=C/C/C=N/N(c3ccc(OC)cc3)c3nc4ccccc4s3)CC2)cc1. The number of benzene rings is 3. The van der Waals surface area contributed by atoms with Crippen molar-refractivity contribution in [3.8, 4) is 11.5 Å². The van der Waals surface area contributed by atoms with Crippen LogP contribution in [0.4, 0.5) is 10.8 Å². The number of carbonyl (C=O) groups excluding carboxylic acids is 2. The van der Waals surface area contributed by atoms with Gasteiger partial charge >= 0.3 is 5.97 Å². The number of rotatable bonds is 24. The number of hydrogen-bond donors (Lipinski definition) is 1. The Hall–Kier alpha value is -5.48. The average molecular weight is 804 g/mol. The van der Waals surface area contributed by atoms with Gasteiger partial charge in [-0.15, -0.1) is 0 Å². The molecule has 1 fully saturated rings. The summed E-state index contributed by atoms with van der Waals surface area (Å²) in [4.78, 5) is 29.1. The molecule has 10 heteroatoms. The highest BCUT2D eigenvalue weighted by Crippen LogP contribution is 2.35. The number of esters is 1. The largest absolute Gasteiger partial charge is 0.509 e. The van der Waals surface area contributed by atoms with E-state index in [1.54, 1.807) is 30.7 Å². The van der Waals surface area contributed by atoms with Crippen LogP contribution in [0.5, 0.6) is 11.5 Å². The number of nitrogens with zero attached hydrogens (tertiary/aromatic N) is 3. The zero-order valence-corrected chi connectivity index (χ0v) is 34.5. The number of hydrogen-bond acceptors (Lipinski definition) is 10. The lowest BCUT2D eigenvalue weighted by Crippen LogP contribution is -2.26. The number of thiazole rings is 1. The van der Waals surface area contributed by atoms with Gasteiger partial charge in [-0.05, 0) is 136 Å². The van der Waals surface area contributed by atoms with Gasteiger partial charge in [-0.2, -0.15) is 5.10 Å². The number of unbranched alkanes of at least 4 members (excludes halogenated alkanes) is 5. The summed E-state index contributed by atoms with van der Waals surface area (Å²) in [6.07, 6.45) is 21.5. The quantitative estimate of drug-likeness (QED) is 0.0109. The van der Waals surface area contributed by atoms with Crippen LogP contribution < -0.4 is 14.5 Å². The van der Waals surface area contributed by atoms with Gasteiger partial charge in [-0.3, -0.25) is 9.59 Å². The highest BCUT2D eigenvalue weighted by atomic mass is 32.1. The van der Waals surface area contributed by atoms with Crippen LogP contribution in [0.1, 0.15) is 89.0 Å². The minimum atomic E-state index is -0.146. The molecule has 1 aliphatic carbocycles. The first-order valence-corrected chi connectivity index (χ1v) is 21.3. The van der Waals surface area contributed by atoms with Crippen molar-refractivity contribution in [3.63, 3.8) is 0 Å². The number of aromatic nitrogens is 1. The molecule has 1 saturated carbocycles. The second-order valence-corrected chi connectivity index (χ2v) is 15.7. The Morgan fingerprint density at radius 1 is 0.914 bits per heavy atom. The molecular weight excluding hydrogens is 747 g/mol. The third-order valence-electron chi connectivity index (χ3n) is 10.3. The van der Waals surface area contributed by atoms with Crippen LogP contribution in [0, 0.1) is 11.8 Å². The normalized spacial score (nSPS) is 15.8. The highest BCUT2D eigenvalue weighted by molar-refractivity contribution is 7.22. The molecule has 1 heterocycles. The molecule has 0 atom stereocenters. The molecular formula is C48H57N3O6S. The minimum absolute atomic E-state index is 0.0559. The Balaban J connectivity index is 1.04. The maximum absolute atomic E-state index is 13.0. The monoisotopic (exact) mass is 803 g/mol. The fourth-order valence-corrected chi connectivity index (χ4v) is 7.89. The van der Waals surface area contributed by atoms with Crippen molar-refractivity contribution in [3.05, 3.63) is 127 Å². The van der Waals surface area contributed by atoms with Crippen LogP contribution in [0.15, 0.2) is 127 Å². The van der Waals surface area contributed by atoms with E-state index in [0.29, 0.717) is 36.9 Å². The number of hydrazone groups is 1. The summed E-state index contributed by atoms with van der Waals surface area (Å²) in [5, 5.41) is 17.1. The lowest BCUT2D eigenvalue weighted by Gasteiger charge is -2.27. The van der Waals surface area contributed by atoms with Crippen molar-refractivity contribution >= 4 is 50.3 Å². The van der Waals surface area contributed by atoms with Crippen LogP contribution in [-0.4, -0.2) is 41.8 Å². The molecule has 0 saturated heterocycles. The molecule has 0 aliphatic heterocycles. The molecule has 1 aromatic heterocycles. The number of methoxy groups -OCH3 is 1. The van der Waals surface area contributed by atoms with E-state index in [1.165, 1.54) is 30.6 Å². The first kappa shape index (κ1) is 43.6. The Kier molecular flexibility index (Phi) is 17.8. The Morgan fingerprint density at radius 2 is 1.62 bits per heavy atom. The van der Waals surface area contributed by atoms with E-state index in [1.807, 2.05) is 71.7 Å². The number of anilines is 2. The van der Waals surface area contributed by atoms with Gasteiger partial charge in [0, 0.05) is 19.1 Å². The molecule has 1 N–H and O–H groups in total. The summed E-state index contributed by atoms with van der Waals surface area (Å²) in [6.45, 7) is 7.61. The predicted octanol–water partition coefficient (Wildman–Crippen LogP) is 12.2. The molecule has 306 valence electrons. The summed E-state index contributed by atoms with van der Waals surface area (Å²) in [6, 6.07) is 23.6. The minimum Gasteiger partial charge on any atom is -0.509 e. The molecule has 0 radical (unpaired) electrons. The van der Waals surface area contributed by atoms with Crippen LogP contribution in [0.2, 0.25) is 0 Å². The molecule has 0 bridgehead atoms. The molecule has 0 spiro atoms. The van der Waals surface area contributed by atoms with Crippen molar-refractivity contribution in [2.24, 2.45) is 16.9 Å². The van der Waals surface area contributed by atoms with Crippen molar-refractivity contribution < 1.29 is 28.9 Å². The molecule has 9 nitrogen and oxygen atoms in total. The molecule has 3 aromatic carbocycles. The van der Waals surface area contributed by atoms with E-state index in [2.05, 4.69) is 25.3 Å². The van der Waals surface area contributed by atoms with Crippen molar-refractivity contribution in [2.75, 3.05) is 18.7 Å². The molecule has 5 rings (SSSR count). The van der Waals surface area contributed by atoms with E-state index < -0.39 is 0 Å². The van der Waals surface area contributed by atoms with Crippen molar-refractivity contribution in [1.29, 1.82) is 0 Å². The maximum atomic E-state index is 13.0. The molecule has 4 aromatic rings. The number of aliphatic hydroxyl groups excluding tert-OH is 1. The lowest BCUT2D eigenvalue weighted by molar-refractivity contribution is -0.140. The fourth-order valence-electron chi connectivity index (χ4n) is 6.94. The van der Waals surface area contributed by atoms with E-state index in [0.717, 1.165) is 91.0 Å². The molecule has 58 heavy (non-hydrogen) atoms. The van der Waals surface area contributed by atoms with E-state index in [4.69, 9.17) is 24.3 Å². The number of allylic oxidation sites excluding steroid dienone is 4. The standard InChI is InChI=1S/C48H57N3O6S/c1-4-41(53)15-10-8-6-5-7-9-14-37-22-29-44(30-23-37)57-47(54)39-24-20-38(21-25-39)33-35-56-43(28-19-36(2)52)16-13-34-49-51(40-26-31-42(55-3)32-27-40)48-50-45-17-11-12-18-46(45)58-48/h4,11-12,16-19,22-23,26-32,34,38-39,52H,1-2,5-10,13-15,20-21,24-25,33,35H2,3H3/b28-19-,43-16+,49-34+. The zero-order chi connectivity index (χ0) is 41.0. The topological polar surface area (TPSA) is 111 Å². The number of fused-ring (bicyclic) bond motifs is 1. The predicted molar refractivity (Wildman–Crippen MR) is 236 cm³/mol. The van der Waals surface area contributed by atoms with Gasteiger partial charge in [0.2, 0.25) is 5.13 Å². The van der Waals surface area contributed by atoms with Gasteiger partial charge in [-0.25, -0.2) is 9.99 Å². The van der Waals surface area contributed by atoms with Gasteiger partial charge < -0.3 is 19.3 Å². The molecule has 1 aliphatic rings. The smallest absolute Gasteiger partial charge is 0.314 e. The number of carbonyl (C=O) groups is 2. The summed E-state index contributed by atoms with van der Waals surface area (Å²) >= 11 is 1.57. The van der Waals surface area contributed by atoms with Gasteiger partial charge in [0.05, 0.1) is 35.5 Å². The first-order chi connectivity index (χ1) is 28.3. The third kappa shape index (κ3) is 14.5. The second-order valence-electron chi connectivity index (χ2n) is 14.7. The summed E-state index contributed by atoms with van der Waals surface area (Å²) in [7, 11) is 1.64. The fraction of sp³-hybridized carbons (Fsp3) is 0.375. The number of ketones is 1. The van der Waals surface area contributed by atoms with Crippen LogP contribution in [-0.2, 0) is 20.7 Å². The van der Waals surface area contributed by atoms with E-state index >= 15 is 0 Å². The van der Waals surface area contributed by atoms with Crippen LogP contribution in [0.25, 0.3) is 10.2 Å². The van der Waals surface area contributed by atoms with Gasteiger partial charge in [-0.1, -0.05) is 74.4 Å². The second kappa shape index (κ2) is 23.7. The number of ether oxygens (including phenoxy) is 3. The third-order valence-corrected chi connectivity index (χ3v) is 11.3. The number of aliphatic hydroxyl groups is 1. The molecule has 0 unspecified atom stereocenters. The first-order valence-electron chi connectivity index (χ1n) is 20.5. The highest BCUT2D eigenvalue weighted by Gasteiger charge is 2.28. The maximum Gasteiger partial charge on any atom is 0.314 e. The van der Waals surface area contributed by atoms with Crippen molar-refractivity contribution in [1.82, 2.24) is 4.98 Å². The number of aryl methyl sites for hydroxylation is 1. The van der Waals surface area contributed by atoms with E-state index in [9.17, 15) is 14.7 Å². The summed E-state index contributed by atoms with van der Waals surface area (Å²) < 4.78 is 18.4. The molecule has 0 amide bonds. The lowest BCUT2D eigenvalue weighted by atomic mass is 9.81. The average Bonchev–Trinajstić information content (AvgIpc) is 3.68. The zero-order valence-electron chi connectivity index (χ0n) is 33.7. The van der Waals surface area contributed by atoms with Crippen LogP contribution in [0.3, 0.4) is 0 Å². The number of para-hydroxylation sites is 1. The van der Waals surface area contributed by atoms with E-state index in [-0.39, 0.29) is 23.4 Å². The van der Waals surface area contributed by atoms with Crippen LogP contribution >= 0.6 is 11.3 Å². The Labute approximate surface area is 347 Å². The summed E-state index contributed by atoms with van der Waals surface area (Å²) in [5.74, 6) is 2.27. The van der Waals surface area contributed by atoms with Gasteiger partial charge in [0.15, 0.2) is 5.78 Å². The van der Waals surface area contributed by atoms with Gasteiger partial charge in [0.1, 0.15) is 23.0 Å².